The maximum atomic E-state index is 12.4. The molecule has 0 radical (unpaired) electrons. The number of hydrogen-bond donors (Lipinski definition) is 2. The molecule has 150 valence electrons. The number of amides is 2. The van der Waals surface area contributed by atoms with E-state index >= 15 is 0 Å². The molecule has 1 aromatic carbocycles. The summed E-state index contributed by atoms with van der Waals surface area (Å²) in [6, 6.07) is 7.99. The Morgan fingerprint density at radius 3 is 2.32 bits per heavy atom. The van der Waals surface area contributed by atoms with Gasteiger partial charge in [0, 0.05) is 12.2 Å². The van der Waals surface area contributed by atoms with Crippen molar-refractivity contribution in [2.45, 2.75) is 45.6 Å². The second-order valence-electron chi connectivity index (χ2n) is 7.56. The third kappa shape index (κ3) is 5.66. The highest BCUT2D eigenvalue weighted by atomic mass is 32.1. The standard InChI is InChI=1S/C22H29N3O2S/c1-16-11-17(2)13-19(12-16)24-22(27)21(26)23-14-20(18-7-10-28-15-18)25-8-5-3-4-6-9-25/h7,10-13,15,20H,3-6,8-9,14H2,1-2H3,(H,23,26)(H,24,27). The molecule has 3 rings (SSSR count). The molecule has 5 nitrogen and oxygen atoms in total. The molecule has 0 bridgehead atoms. The van der Waals surface area contributed by atoms with Gasteiger partial charge in [-0.3, -0.25) is 14.5 Å². The zero-order valence-corrected chi connectivity index (χ0v) is 17.5. The highest BCUT2D eigenvalue weighted by Gasteiger charge is 2.24. The minimum Gasteiger partial charge on any atom is -0.346 e. The molecule has 2 aromatic rings. The van der Waals surface area contributed by atoms with Gasteiger partial charge in [0.1, 0.15) is 0 Å². The van der Waals surface area contributed by atoms with E-state index in [0.717, 1.165) is 24.2 Å². The summed E-state index contributed by atoms with van der Waals surface area (Å²) in [6.07, 6.45) is 4.89. The number of carbonyl (C=O) groups is 2. The fraction of sp³-hybridized carbons (Fsp3) is 0.455. The van der Waals surface area contributed by atoms with Gasteiger partial charge in [-0.25, -0.2) is 0 Å². The summed E-state index contributed by atoms with van der Waals surface area (Å²) in [7, 11) is 0. The number of anilines is 1. The third-order valence-corrected chi connectivity index (χ3v) is 5.85. The van der Waals surface area contributed by atoms with E-state index in [0.29, 0.717) is 12.2 Å². The van der Waals surface area contributed by atoms with E-state index in [2.05, 4.69) is 32.4 Å². The van der Waals surface area contributed by atoms with E-state index in [4.69, 9.17) is 0 Å². The summed E-state index contributed by atoms with van der Waals surface area (Å²) >= 11 is 1.66. The molecule has 1 aromatic heterocycles. The molecule has 1 saturated heterocycles. The molecule has 1 atom stereocenters. The molecular formula is C22H29N3O2S. The van der Waals surface area contributed by atoms with E-state index in [9.17, 15) is 9.59 Å². The maximum Gasteiger partial charge on any atom is 0.313 e. The summed E-state index contributed by atoms with van der Waals surface area (Å²) in [6.45, 7) is 6.44. The van der Waals surface area contributed by atoms with Crippen molar-refractivity contribution >= 4 is 28.8 Å². The molecule has 1 fully saturated rings. The number of nitrogens with one attached hydrogen (secondary N) is 2. The van der Waals surface area contributed by atoms with Crippen LogP contribution in [0.15, 0.2) is 35.0 Å². The van der Waals surface area contributed by atoms with Crippen molar-refractivity contribution in [3.8, 4) is 0 Å². The first-order valence-corrected chi connectivity index (χ1v) is 10.9. The van der Waals surface area contributed by atoms with E-state index in [1.807, 2.05) is 32.0 Å². The Hall–Kier alpha value is -2.18. The first-order valence-electron chi connectivity index (χ1n) is 9.96. The fourth-order valence-corrected chi connectivity index (χ4v) is 4.54. The number of benzene rings is 1. The summed E-state index contributed by atoms with van der Waals surface area (Å²) < 4.78 is 0. The van der Waals surface area contributed by atoms with Gasteiger partial charge in [0.05, 0.1) is 6.04 Å². The number of aryl methyl sites for hydroxylation is 2. The number of carbonyl (C=O) groups excluding carboxylic acids is 2. The van der Waals surface area contributed by atoms with Gasteiger partial charge in [0.15, 0.2) is 0 Å². The highest BCUT2D eigenvalue weighted by molar-refractivity contribution is 7.08. The van der Waals surface area contributed by atoms with Gasteiger partial charge >= 0.3 is 11.8 Å². The first-order chi connectivity index (χ1) is 13.5. The number of hydrogen-bond acceptors (Lipinski definition) is 4. The molecule has 0 aliphatic carbocycles. The third-order valence-electron chi connectivity index (χ3n) is 5.15. The van der Waals surface area contributed by atoms with Crippen LogP contribution in [0.3, 0.4) is 0 Å². The van der Waals surface area contributed by atoms with Gasteiger partial charge in [-0.1, -0.05) is 18.9 Å². The lowest BCUT2D eigenvalue weighted by Crippen LogP contribution is -2.42. The zero-order chi connectivity index (χ0) is 19.9. The molecule has 2 N–H and O–H groups in total. The van der Waals surface area contributed by atoms with Crippen LogP contribution in [0.2, 0.25) is 0 Å². The van der Waals surface area contributed by atoms with Crippen molar-refractivity contribution in [3.05, 3.63) is 51.7 Å². The van der Waals surface area contributed by atoms with Crippen LogP contribution in [-0.2, 0) is 9.59 Å². The molecule has 0 saturated carbocycles. The van der Waals surface area contributed by atoms with Crippen LogP contribution in [0.4, 0.5) is 5.69 Å². The topological polar surface area (TPSA) is 61.4 Å². The smallest absolute Gasteiger partial charge is 0.313 e. The van der Waals surface area contributed by atoms with E-state index in [1.165, 1.54) is 31.2 Å². The summed E-state index contributed by atoms with van der Waals surface area (Å²) in [5.41, 5.74) is 3.96. The fourth-order valence-electron chi connectivity index (χ4n) is 3.83. The second-order valence-corrected chi connectivity index (χ2v) is 8.34. The van der Waals surface area contributed by atoms with Crippen LogP contribution in [0.25, 0.3) is 0 Å². The zero-order valence-electron chi connectivity index (χ0n) is 16.7. The summed E-state index contributed by atoms with van der Waals surface area (Å²) in [5.74, 6) is -1.21. The Morgan fingerprint density at radius 1 is 1.04 bits per heavy atom. The van der Waals surface area contributed by atoms with Gasteiger partial charge in [-0.05, 0) is 85.4 Å². The average molecular weight is 400 g/mol. The maximum absolute atomic E-state index is 12.4. The van der Waals surface area contributed by atoms with Crippen LogP contribution >= 0.6 is 11.3 Å². The normalized spacial score (nSPS) is 16.2. The van der Waals surface area contributed by atoms with Crippen LogP contribution in [0.1, 0.15) is 48.4 Å². The molecule has 1 unspecified atom stereocenters. The lowest BCUT2D eigenvalue weighted by Gasteiger charge is -2.30. The SMILES string of the molecule is Cc1cc(C)cc(NC(=O)C(=O)NCC(c2ccsc2)N2CCCCCC2)c1. The quantitative estimate of drug-likeness (QED) is 0.746. The minimum atomic E-state index is -0.620. The van der Waals surface area contributed by atoms with Gasteiger partial charge in [0.25, 0.3) is 0 Å². The largest absolute Gasteiger partial charge is 0.346 e. The Balaban J connectivity index is 1.61. The van der Waals surface area contributed by atoms with E-state index in [-0.39, 0.29) is 6.04 Å². The molecule has 1 aliphatic rings. The van der Waals surface area contributed by atoms with Crippen molar-refractivity contribution < 1.29 is 9.59 Å². The van der Waals surface area contributed by atoms with Crippen LogP contribution in [-0.4, -0.2) is 36.3 Å². The van der Waals surface area contributed by atoms with Gasteiger partial charge in [-0.15, -0.1) is 0 Å². The molecule has 28 heavy (non-hydrogen) atoms. The molecule has 0 spiro atoms. The first kappa shape index (κ1) is 20.6. The van der Waals surface area contributed by atoms with Crippen molar-refractivity contribution in [1.82, 2.24) is 10.2 Å². The summed E-state index contributed by atoms with van der Waals surface area (Å²) in [5, 5.41) is 9.76. The number of likely N-dealkylation sites (tertiary alicyclic amines) is 1. The van der Waals surface area contributed by atoms with E-state index in [1.54, 1.807) is 11.3 Å². The van der Waals surface area contributed by atoms with Crippen molar-refractivity contribution in [3.63, 3.8) is 0 Å². The Bertz CT molecular complexity index is 776. The molecule has 1 aliphatic heterocycles. The predicted octanol–water partition coefficient (Wildman–Crippen LogP) is 4.04. The van der Waals surface area contributed by atoms with Gasteiger partial charge in [-0.2, -0.15) is 11.3 Å². The Labute approximate surface area is 171 Å². The predicted molar refractivity (Wildman–Crippen MR) is 115 cm³/mol. The Morgan fingerprint density at radius 2 is 1.71 bits per heavy atom. The van der Waals surface area contributed by atoms with Crippen LogP contribution in [0.5, 0.6) is 0 Å². The highest BCUT2D eigenvalue weighted by Crippen LogP contribution is 2.25. The minimum absolute atomic E-state index is 0.113. The molecule has 2 heterocycles. The van der Waals surface area contributed by atoms with Crippen molar-refractivity contribution in [1.29, 1.82) is 0 Å². The number of nitrogens with zero attached hydrogens (tertiary/aromatic N) is 1. The lowest BCUT2D eigenvalue weighted by atomic mass is 10.1. The van der Waals surface area contributed by atoms with Crippen molar-refractivity contribution in [2.24, 2.45) is 0 Å². The Kier molecular flexibility index (Phi) is 7.23. The van der Waals surface area contributed by atoms with E-state index < -0.39 is 11.8 Å². The van der Waals surface area contributed by atoms with Gasteiger partial charge < -0.3 is 10.6 Å². The second kappa shape index (κ2) is 9.85. The molecular weight excluding hydrogens is 370 g/mol. The van der Waals surface area contributed by atoms with Crippen LogP contribution < -0.4 is 10.6 Å². The number of rotatable bonds is 5. The molecule has 2 amide bonds. The average Bonchev–Trinajstić information content (AvgIpc) is 3.03. The molecule has 6 heteroatoms. The number of thiophene rings is 1. The van der Waals surface area contributed by atoms with Crippen LogP contribution in [0, 0.1) is 13.8 Å². The monoisotopic (exact) mass is 399 g/mol. The summed E-state index contributed by atoms with van der Waals surface area (Å²) in [4.78, 5) is 27.2. The van der Waals surface area contributed by atoms with Gasteiger partial charge in [0.2, 0.25) is 0 Å². The van der Waals surface area contributed by atoms with Crippen molar-refractivity contribution in [2.75, 3.05) is 25.0 Å². The lowest BCUT2D eigenvalue weighted by molar-refractivity contribution is -0.136.